The number of carbonyl (C=O) groups excluding carboxylic acids is 2. The molecule has 0 saturated carbocycles. The van der Waals surface area contributed by atoms with E-state index < -0.39 is 5.41 Å². The number of likely N-dealkylation sites (tertiary alicyclic amines) is 1. The molecule has 7 heteroatoms. The fraction of sp³-hybridized carbons (Fsp3) is 0.478. The van der Waals surface area contributed by atoms with Crippen LogP contribution in [0.2, 0.25) is 4.34 Å². The number of nitrogens with zero attached hydrogens (tertiary/aromatic N) is 3. The van der Waals surface area contributed by atoms with Crippen LogP contribution in [-0.4, -0.2) is 65.8 Å². The topological polar surface area (TPSA) is 43.9 Å². The van der Waals surface area contributed by atoms with Crippen LogP contribution in [0.5, 0.6) is 0 Å². The van der Waals surface area contributed by atoms with E-state index in [1.165, 1.54) is 4.88 Å². The van der Waals surface area contributed by atoms with Gasteiger partial charge in [0.25, 0.3) is 0 Å². The lowest BCUT2D eigenvalue weighted by Gasteiger charge is -2.45. The van der Waals surface area contributed by atoms with Crippen LogP contribution in [0.4, 0.5) is 0 Å². The third kappa shape index (κ3) is 4.41. The molecule has 2 amide bonds. The number of rotatable bonds is 4. The van der Waals surface area contributed by atoms with Crippen molar-refractivity contribution in [2.75, 3.05) is 39.3 Å². The van der Waals surface area contributed by atoms with Crippen molar-refractivity contribution < 1.29 is 9.59 Å². The highest BCUT2D eigenvalue weighted by Gasteiger charge is 2.45. The van der Waals surface area contributed by atoms with Crippen LogP contribution < -0.4 is 0 Å². The lowest BCUT2D eigenvalue weighted by Crippen LogP contribution is -2.57. The number of amides is 2. The Balaban J connectivity index is 1.46. The molecule has 2 aliphatic rings. The van der Waals surface area contributed by atoms with E-state index >= 15 is 0 Å². The van der Waals surface area contributed by atoms with Crippen LogP contribution in [0.25, 0.3) is 0 Å². The monoisotopic (exact) mass is 445 g/mol. The van der Waals surface area contributed by atoms with Gasteiger partial charge >= 0.3 is 0 Å². The van der Waals surface area contributed by atoms with Crippen molar-refractivity contribution >= 4 is 34.8 Å². The molecule has 0 unspecified atom stereocenters. The molecule has 0 N–H and O–H groups in total. The number of thiophene rings is 1. The standard InChI is InChI=1S/C23H28ClN3O2S/c1-18(28)26-11-9-23(10-12-26,19-5-3-2-4-6-19)22(29)27-15-13-25(14-16-27)17-20-7-8-21(24)30-20/h2-8H,9-17H2,1H3. The minimum atomic E-state index is -0.531. The predicted molar refractivity (Wildman–Crippen MR) is 121 cm³/mol. The van der Waals surface area contributed by atoms with E-state index in [1.807, 2.05) is 34.1 Å². The molecular formula is C23H28ClN3O2S. The molecule has 2 fully saturated rings. The number of piperazine rings is 1. The number of hydrogen-bond acceptors (Lipinski definition) is 4. The molecule has 0 atom stereocenters. The molecule has 1 aromatic carbocycles. The minimum Gasteiger partial charge on any atom is -0.343 e. The maximum atomic E-state index is 13.8. The smallest absolute Gasteiger partial charge is 0.233 e. The second-order valence-electron chi connectivity index (χ2n) is 8.23. The summed E-state index contributed by atoms with van der Waals surface area (Å²) in [6, 6.07) is 14.2. The maximum Gasteiger partial charge on any atom is 0.233 e. The Morgan fingerprint density at radius 1 is 0.933 bits per heavy atom. The van der Waals surface area contributed by atoms with E-state index in [2.05, 4.69) is 23.1 Å². The lowest BCUT2D eigenvalue weighted by atomic mass is 9.71. The van der Waals surface area contributed by atoms with Gasteiger partial charge in [-0.2, -0.15) is 0 Å². The number of halogens is 1. The number of piperidine rings is 1. The molecule has 1 aromatic heterocycles. The van der Waals surface area contributed by atoms with Crippen LogP contribution in [-0.2, 0) is 21.5 Å². The van der Waals surface area contributed by atoms with Gasteiger partial charge in [0.1, 0.15) is 0 Å². The fourth-order valence-corrected chi connectivity index (χ4v) is 5.79. The van der Waals surface area contributed by atoms with Gasteiger partial charge in [0.05, 0.1) is 9.75 Å². The summed E-state index contributed by atoms with van der Waals surface area (Å²) in [7, 11) is 0. The van der Waals surface area contributed by atoms with E-state index in [-0.39, 0.29) is 11.8 Å². The molecule has 2 aromatic rings. The van der Waals surface area contributed by atoms with Crippen molar-refractivity contribution in [2.24, 2.45) is 0 Å². The Morgan fingerprint density at radius 2 is 1.60 bits per heavy atom. The molecule has 3 heterocycles. The summed E-state index contributed by atoms with van der Waals surface area (Å²) in [6.07, 6.45) is 1.37. The Kier molecular flexibility index (Phi) is 6.46. The van der Waals surface area contributed by atoms with Crippen LogP contribution >= 0.6 is 22.9 Å². The Hall–Kier alpha value is -1.89. The van der Waals surface area contributed by atoms with Gasteiger partial charge in [-0.1, -0.05) is 41.9 Å². The van der Waals surface area contributed by atoms with Crippen molar-refractivity contribution in [1.29, 1.82) is 0 Å². The summed E-state index contributed by atoms with van der Waals surface area (Å²) in [5.74, 6) is 0.308. The van der Waals surface area contributed by atoms with Crippen molar-refractivity contribution in [3.8, 4) is 0 Å². The van der Waals surface area contributed by atoms with Crippen molar-refractivity contribution in [2.45, 2.75) is 31.7 Å². The second-order valence-corrected chi connectivity index (χ2v) is 10.0. The summed E-state index contributed by atoms with van der Waals surface area (Å²) in [4.78, 5) is 33.2. The van der Waals surface area contributed by atoms with Crippen LogP contribution in [0.1, 0.15) is 30.2 Å². The van der Waals surface area contributed by atoms with Crippen LogP contribution in [0.15, 0.2) is 42.5 Å². The molecule has 30 heavy (non-hydrogen) atoms. The number of benzene rings is 1. The third-order valence-corrected chi connectivity index (χ3v) is 7.68. The summed E-state index contributed by atoms with van der Waals surface area (Å²) in [5.41, 5.74) is 0.547. The zero-order chi connectivity index (χ0) is 21.1. The molecule has 0 aliphatic carbocycles. The molecule has 160 valence electrons. The number of hydrogen-bond donors (Lipinski definition) is 0. The normalized spacial score (nSPS) is 19.7. The van der Waals surface area contributed by atoms with Crippen LogP contribution in [0.3, 0.4) is 0 Å². The zero-order valence-electron chi connectivity index (χ0n) is 17.3. The molecule has 0 bridgehead atoms. The van der Waals surface area contributed by atoms with E-state index in [4.69, 9.17) is 11.6 Å². The fourth-order valence-electron chi connectivity index (χ4n) is 4.66. The second kappa shape index (κ2) is 9.08. The first-order chi connectivity index (χ1) is 14.5. The molecule has 2 saturated heterocycles. The van der Waals surface area contributed by atoms with Crippen molar-refractivity contribution in [1.82, 2.24) is 14.7 Å². The van der Waals surface area contributed by atoms with Gasteiger partial charge in [-0.15, -0.1) is 11.3 Å². The summed E-state index contributed by atoms with van der Waals surface area (Å²) in [5, 5.41) is 0. The average molecular weight is 446 g/mol. The molecule has 2 aliphatic heterocycles. The highest BCUT2D eigenvalue weighted by Crippen LogP contribution is 2.38. The lowest BCUT2D eigenvalue weighted by molar-refractivity contribution is -0.144. The van der Waals surface area contributed by atoms with E-state index in [9.17, 15) is 9.59 Å². The molecule has 5 nitrogen and oxygen atoms in total. The SMILES string of the molecule is CC(=O)N1CCC(C(=O)N2CCN(Cc3ccc(Cl)s3)CC2)(c2ccccc2)CC1. The van der Waals surface area contributed by atoms with Crippen molar-refractivity contribution in [3.05, 3.63) is 57.2 Å². The Morgan fingerprint density at radius 3 is 2.17 bits per heavy atom. The molecular weight excluding hydrogens is 418 g/mol. The molecule has 0 spiro atoms. The van der Waals surface area contributed by atoms with Crippen molar-refractivity contribution in [3.63, 3.8) is 0 Å². The van der Waals surface area contributed by atoms with Gasteiger partial charge < -0.3 is 9.80 Å². The average Bonchev–Trinajstić information content (AvgIpc) is 3.19. The largest absolute Gasteiger partial charge is 0.343 e. The molecule has 4 rings (SSSR count). The first-order valence-electron chi connectivity index (χ1n) is 10.5. The highest BCUT2D eigenvalue weighted by atomic mass is 35.5. The quantitative estimate of drug-likeness (QED) is 0.721. The van der Waals surface area contributed by atoms with Gasteiger partial charge in [-0.25, -0.2) is 0 Å². The predicted octanol–water partition coefficient (Wildman–Crippen LogP) is 3.63. The van der Waals surface area contributed by atoms with Gasteiger partial charge in [0.2, 0.25) is 11.8 Å². The third-order valence-electron chi connectivity index (χ3n) is 6.47. The first-order valence-corrected chi connectivity index (χ1v) is 11.7. The number of carbonyl (C=O) groups is 2. The maximum absolute atomic E-state index is 13.8. The zero-order valence-corrected chi connectivity index (χ0v) is 18.9. The summed E-state index contributed by atoms with van der Waals surface area (Å²) in [6.45, 7) is 6.97. The van der Waals surface area contributed by atoms with Gasteiger partial charge in [-0.3, -0.25) is 14.5 Å². The Labute approximate surface area is 187 Å². The first kappa shape index (κ1) is 21.3. The molecule has 0 radical (unpaired) electrons. The van der Waals surface area contributed by atoms with E-state index in [0.29, 0.717) is 25.9 Å². The van der Waals surface area contributed by atoms with Gasteiger partial charge in [0.15, 0.2) is 0 Å². The highest BCUT2D eigenvalue weighted by molar-refractivity contribution is 7.16. The van der Waals surface area contributed by atoms with Gasteiger partial charge in [0, 0.05) is 57.6 Å². The van der Waals surface area contributed by atoms with E-state index in [1.54, 1.807) is 18.3 Å². The van der Waals surface area contributed by atoms with Gasteiger partial charge in [-0.05, 0) is 30.5 Å². The summed E-state index contributed by atoms with van der Waals surface area (Å²) < 4.78 is 0.820. The van der Waals surface area contributed by atoms with Crippen LogP contribution in [0, 0.1) is 0 Å². The van der Waals surface area contributed by atoms with E-state index in [0.717, 1.165) is 42.6 Å². The Bertz CT molecular complexity index is 885. The summed E-state index contributed by atoms with van der Waals surface area (Å²) >= 11 is 7.68. The minimum absolute atomic E-state index is 0.0893.